The molecule has 1 N–H and O–H groups in total. The predicted molar refractivity (Wildman–Crippen MR) is 125 cm³/mol. The number of halogens is 3. The third-order valence-electron chi connectivity index (χ3n) is 6.25. The van der Waals surface area contributed by atoms with E-state index in [1.165, 1.54) is 12.1 Å². The van der Waals surface area contributed by atoms with E-state index in [0.717, 1.165) is 60.1 Å². The molecule has 1 saturated heterocycles. The summed E-state index contributed by atoms with van der Waals surface area (Å²) in [5.41, 5.74) is 3.28. The number of rotatable bonds is 4. The zero-order valence-electron chi connectivity index (χ0n) is 18.3. The second-order valence-corrected chi connectivity index (χ2v) is 8.35. The molecule has 0 amide bonds. The largest absolute Gasteiger partial charge is 0.416 e. The van der Waals surface area contributed by atoms with E-state index in [4.69, 9.17) is 0 Å². The Kier molecular flexibility index (Phi) is 5.72. The average molecular weight is 461 g/mol. The molecule has 5 nitrogen and oxygen atoms in total. The van der Waals surface area contributed by atoms with Gasteiger partial charge in [0.25, 0.3) is 0 Å². The fraction of sp³-hybridized carbons (Fsp3) is 0.231. The molecule has 0 bridgehead atoms. The van der Waals surface area contributed by atoms with Crippen LogP contribution in [0.25, 0.3) is 22.0 Å². The molecule has 2 heterocycles. The van der Waals surface area contributed by atoms with Crippen molar-refractivity contribution in [3.05, 3.63) is 83.6 Å². The van der Waals surface area contributed by atoms with Crippen molar-refractivity contribution in [2.75, 3.05) is 18.1 Å². The van der Waals surface area contributed by atoms with Crippen LogP contribution in [0.5, 0.6) is 0 Å². The topological polar surface area (TPSA) is 59.0 Å². The second-order valence-electron chi connectivity index (χ2n) is 8.35. The summed E-state index contributed by atoms with van der Waals surface area (Å²) in [6.45, 7) is 2.23. The molecule has 4 aromatic rings. The second kappa shape index (κ2) is 8.84. The Morgan fingerprint density at radius 1 is 0.941 bits per heavy atom. The van der Waals surface area contributed by atoms with Gasteiger partial charge in [0, 0.05) is 36.0 Å². The summed E-state index contributed by atoms with van der Waals surface area (Å²) in [7, 11) is 0. The fourth-order valence-corrected chi connectivity index (χ4v) is 4.56. The minimum Gasteiger partial charge on any atom is -0.305 e. The van der Waals surface area contributed by atoms with Crippen LogP contribution in [0.3, 0.4) is 0 Å². The number of aromatic amines is 1. The Balaban J connectivity index is 1.46. The van der Waals surface area contributed by atoms with E-state index >= 15 is 0 Å². The fourth-order valence-electron chi connectivity index (χ4n) is 4.56. The molecule has 1 aliphatic rings. The van der Waals surface area contributed by atoms with Gasteiger partial charge in [0.1, 0.15) is 0 Å². The van der Waals surface area contributed by atoms with Crippen molar-refractivity contribution in [2.24, 2.45) is 0 Å². The first-order chi connectivity index (χ1) is 16.5. The highest BCUT2D eigenvalue weighted by atomic mass is 19.4. The van der Waals surface area contributed by atoms with Gasteiger partial charge in [-0.3, -0.25) is 5.10 Å². The summed E-state index contributed by atoms with van der Waals surface area (Å²) >= 11 is 0. The van der Waals surface area contributed by atoms with Crippen molar-refractivity contribution in [1.82, 2.24) is 15.2 Å². The molecule has 0 radical (unpaired) electrons. The Morgan fingerprint density at radius 2 is 1.68 bits per heavy atom. The molecule has 5 rings (SSSR count). The third kappa shape index (κ3) is 4.11. The number of hydrogen-bond donors (Lipinski definition) is 1. The van der Waals surface area contributed by atoms with Crippen LogP contribution in [0.2, 0.25) is 0 Å². The lowest BCUT2D eigenvalue weighted by Crippen LogP contribution is -2.47. The van der Waals surface area contributed by atoms with Crippen molar-refractivity contribution in [1.29, 1.82) is 5.26 Å². The lowest BCUT2D eigenvalue weighted by Gasteiger charge is -2.41. The van der Waals surface area contributed by atoms with Crippen LogP contribution in [0.4, 0.5) is 18.9 Å². The molecule has 0 spiro atoms. The minimum atomic E-state index is -4.37. The van der Waals surface area contributed by atoms with Gasteiger partial charge in [-0.25, -0.2) is 5.01 Å². The number of nitriles is 1. The smallest absolute Gasteiger partial charge is 0.305 e. The Labute approximate surface area is 195 Å². The molecule has 1 aliphatic heterocycles. The summed E-state index contributed by atoms with van der Waals surface area (Å²) in [4.78, 5) is 0. The molecular formula is C26H22F3N5. The van der Waals surface area contributed by atoms with Crippen LogP contribution in [0, 0.1) is 11.3 Å². The monoisotopic (exact) mass is 461 g/mol. The standard InChI is InChI=1S/C26H22F3N5/c27-26(28,29)21-10-7-18(8-11-21)25-20(16-31-32-25)17-33-13-3-4-14-34(33)24-12-9-19(15-30)22-5-1-2-6-23(22)24/h1-2,5-12,16H,3-4,13-14,17H2,(H,31,32). The number of anilines is 1. The van der Waals surface area contributed by atoms with Crippen LogP contribution >= 0.6 is 0 Å². The van der Waals surface area contributed by atoms with Gasteiger partial charge in [-0.05, 0) is 42.7 Å². The molecule has 1 fully saturated rings. The molecule has 8 heteroatoms. The highest BCUT2D eigenvalue weighted by molar-refractivity contribution is 5.97. The van der Waals surface area contributed by atoms with Gasteiger partial charge in [0.2, 0.25) is 0 Å². The number of H-pyrrole nitrogens is 1. The molecule has 3 aromatic carbocycles. The summed E-state index contributed by atoms with van der Waals surface area (Å²) in [6, 6.07) is 19.2. The molecule has 172 valence electrons. The molecule has 0 saturated carbocycles. The van der Waals surface area contributed by atoms with E-state index in [-0.39, 0.29) is 0 Å². The molecule has 0 atom stereocenters. The lowest BCUT2D eigenvalue weighted by molar-refractivity contribution is -0.137. The molecule has 34 heavy (non-hydrogen) atoms. The Bertz CT molecular complexity index is 1350. The molecule has 0 aliphatic carbocycles. The number of hydrazine groups is 1. The van der Waals surface area contributed by atoms with E-state index in [2.05, 4.69) is 26.3 Å². The summed E-state index contributed by atoms with van der Waals surface area (Å²) in [6.07, 6.45) is -0.551. The maximum absolute atomic E-state index is 13.0. The first-order valence-electron chi connectivity index (χ1n) is 11.1. The number of nitrogens with zero attached hydrogens (tertiary/aromatic N) is 4. The number of aromatic nitrogens is 2. The van der Waals surface area contributed by atoms with Gasteiger partial charge in [0.05, 0.1) is 34.8 Å². The van der Waals surface area contributed by atoms with Crippen LogP contribution in [0.15, 0.2) is 66.9 Å². The van der Waals surface area contributed by atoms with Crippen molar-refractivity contribution < 1.29 is 13.2 Å². The van der Waals surface area contributed by atoms with Gasteiger partial charge < -0.3 is 5.01 Å². The van der Waals surface area contributed by atoms with E-state index in [1.54, 1.807) is 6.20 Å². The van der Waals surface area contributed by atoms with Gasteiger partial charge >= 0.3 is 6.18 Å². The number of alkyl halides is 3. The van der Waals surface area contributed by atoms with E-state index in [0.29, 0.717) is 23.4 Å². The maximum Gasteiger partial charge on any atom is 0.416 e. The van der Waals surface area contributed by atoms with Crippen LogP contribution in [-0.2, 0) is 12.7 Å². The summed E-state index contributed by atoms with van der Waals surface area (Å²) in [5.74, 6) is 0. The maximum atomic E-state index is 13.0. The summed E-state index contributed by atoms with van der Waals surface area (Å²) in [5, 5.41) is 23.1. The lowest BCUT2D eigenvalue weighted by atomic mass is 10.0. The van der Waals surface area contributed by atoms with Crippen molar-refractivity contribution in [2.45, 2.75) is 25.6 Å². The third-order valence-corrected chi connectivity index (χ3v) is 6.25. The molecular weight excluding hydrogens is 439 g/mol. The van der Waals surface area contributed by atoms with Gasteiger partial charge in [-0.2, -0.15) is 23.5 Å². The van der Waals surface area contributed by atoms with Crippen LogP contribution in [0.1, 0.15) is 29.5 Å². The number of hydrogen-bond acceptors (Lipinski definition) is 4. The van der Waals surface area contributed by atoms with Gasteiger partial charge in [-0.1, -0.05) is 36.4 Å². The van der Waals surface area contributed by atoms with E-state index in [1.807, 2.05) is 36.4 Å². The van der Waals surface area contributed by atoms with Gasteiger partial charge in [0.15, 0.2) is 0 Å². The van der Waals surface area contributed by atoms with E-state index < -0.39 is 11.7 Å². The van der Waals surface area contributed by atoms with Crippen LogP contribution < -0.4 is 5.01 Å². The first kappa shape index (κ1) is 22.0. The van der Waals surface area contributed by atoms with Crippen LogP contribution in [-0.4, -0.2) is 28.3 Å². The minimum absolute atomic E-state index is 0.557. The zero-order valence-corrected chi connectivity index (χ0v) is 18.3. The molecule has 1 aromatic heterocycles. The SMILES string of the molecule is N#Cc1ccc(N2CCCCN2Cc2cn[nH]c2-c2ccc(C(F)(F)F)cc2)c2ccccc12. The summed E-state index contributed by atoms with van der Waals surface area (Å²) < 4.78 is 38.9. The highest BCUT2D eigenvalue weighted by Gasteiger charge is 2.30. The van der Waals surface area contributed by atoms with E-state index in [9.17, 15) is 18.4 Å². The average Bonchev–Trinajstić information content (AvgIpc) is 3.31. The highest BCUT2D eigenvalue weighted by Crippen LogP contribution is 2.34. The number of benzene rings is 3. The first-order valence-corrected chi connectivity index (χ1v) is 11.1. The van der Waals surface area contributed by atoms with Gasteiger partial charge in [-0.15, -0.1) is 0 Å². The van der Waals surface area contributed by atoms with Crippen molar-refractivity contribution in [3.8, 4) is 17.3 Å². The number of fused-ring (bicyclic) bond motifs is 1. The normalized spacial score (nSPS) is 14.9. The van der Waals surface area contributed by atoms with Crippen molar-refractivity contribution >= 4 is 16.5 Å². The Morgan fingerprint density at radius 3 is 2.41 bits per heavy atom. The quantitative estimate of drug-likeness (QED) is 0.397. The zero-order chi connectivity index (χ0) is 23.7. The number of nitrogens with one attached hydrogen (secondary N) is 1. The molecule has 0 unspecified atom stereocenters. The Hall–Kier alpha value is -3.83. The predicted octanol–water partition coefficient (Wildman–Crippen LogP) is 6.14. The van der Waals surface area contributed by atoms with Crippen molar-refractivity contribution in [3.63, 3.8) is 0 Å².